The Morgan fingerprint density at radius 1 is 1.17 bits per heavy atom. The Kier molecular flexibility index (Phi) is 8.12. The third-order valence-corrected chi connectivity index (χ3v) is 7.71. The lowest BCUT2D eigenvalue weighted by Crippen LogP contribution is -2.56. The van der Waals surface area contributed by atoms with E-state index in [4.69, 9.17) is 19.6 Å². The summed E-state index contributed by atoms with van der Waals surface area (Å²) >= 11 is 1.12. The summed E-state index contributed by atoms with van der Waals surface area (Å²) in [4.78, 5) is 34.6. The third kappa shape index (κ3) is 6.05. The number of aryl methyl sites for hydroxylation is 1. The summed E-state index contributed by atoms with van der Waals surface area (Å²) in [5.41, 5.74) is 2.88. The molecule has 2 bridgehead atoms. The van der Waals surface area contributed by atoms with E-state index in [1.165, 1.54) is 0 Å². The summed E-state index contributed by atoms with van der Waals surface area (Å²) in [7, 11) is 3.24. The molecular formula is C25H32N4O5S. The monoisotopic (exact) mass is 500 g/mol. The molecule has 3 aliphatic heterocycles. The van der Waals surface area contributed by atoms with Gasteiger partial charge in [0, 0.05) is 36.3 Å². The van der Waals surface area contributed by atoms with E-state index in [-0.39, 0.29) is 17.4 Å². The van der Waals surface area contributed by atoms with Crippen LogP contribution in [0.2, 0.25) is 0 Å². The molecule has 5 rings (SSSR count). The molecule has 3 saturated heterocycles. The predicted octanol–water partition coefficient (Wildman–Crippen LogP) is 2.58. The summed E-state index contributed by atoms with van der Waals surface area (Å²) < 4.78 is 10.8. The highest BCUT2D eigenvalue weighted by Gasteiger charge is 2.41. The van der Waals surface area contributed by atoms with Gasteiger partial charge in [0.1, 0.15) is 5.82 Å². The summed E-state index contributed by atoms with van der Waals surface area (Å²) in [6.07, 6.45) is 2.11. The number of benzene rings is 1. The smallest absolute Gasteiger partial charge is 0.313 e. The maximum atomic E-state index is 12.1. The van der Waals surface area contributed by atoms with Crippen LogP contribution in [0.4, 0.5) is 0 Å². The number of carbonyl (C=O) groups excluding carboxylic acids is 1. The van der Waals surface area contributed by atoms with E-state index in [0.717, 1.165) is 60.5 Å². The van der Waals surface area contributed by atoms with Crippen molar-refractivity contribution in [3.63, 3.8) is 0 Å². The van der Waals surface area contributed by atoms with Gasteiger partial charge in [-0.1, -0.05) is 0 Å². The molecule has 1 aromatic heterocycles. The number of aliphatic carboxylic acids is 1. The van der Waals surface area contributed by atoms with E-state index in [0.29, 0.717) is 35.9 Å². The number of rotatable bonds is 10. The number of ether oxygens (including phenoxy) is 2. The van der Waals surface area contributed by atoms with Crippen molar-refractivity contribution in [1.82, 2.24) is 20.2 Å². The Balaban J connectivity index is 1.43. The Morgan fingerprint density at radius 2 is 1.97 bits per heavy atom. The summed E-state index contributed by atoms with van der Waals surface area (Å²) in [6, 6.07) is 8.20. The molecule has 1 amide bonds. The number of carboxylic acids is 1. The van der Waals surface area contributed by atoms with Gasteiger partial charge in [0.05, 0.1) is 31.4 Å². The van der Waals surface area contributed by atoms with Crippen molar-refractivity contribution in [2.45, 2.75) is 31.7 Å². The quantitative estimate of drug-likeness (QED) is 0.508. The molecule has 188 valence electrons. The molecule has 1 aromatic carbocycles. The average molecular weight is 501 g/mol. The number of aromatic nitrogens is 2. The first-order chi connectivity index (χ1) is 16.9. The number of methoxy groups -OCH3 is 2. The van der Waals surface area contributed by atoms with Gasteiger partial charge in [0.15, 0.2) is 11.5 Å². The van der Waals surface area contributed by atoms with Crippen molar-refractivity contribution >= 4 is 23.6 Å². The van der Waals surface area contributed by atoms with Crippen LogP contribution >= 0.6 is 11.8 Å². The second kappa shape index (κ2) is 11.3. The van der Waals surface area contributed by atoms with Gasteiger partial charge < -0.3 is 19.9 Å². The molecule has 3 aliphatic rings. The minimum absolute atomic E-state index is 0.0592. The Bertz CT molecular complexity index is 1080. The molecule has 4 atom stereocenters. The number of thioether (sulfide) groups is 1. The van der Waals surface area contributed by atoms with E-state index in [1.807, 2.05) is 25.1 Å². The Morgan fingerprint density at radius 3 is 2.66 bits per heavy atom. The maximum absolute atomic E-state index is 12.1. The van der Waals surface area contributed by atoms with Crippen molar-refractivity contribution in [2.24, 2.45) is 5.92 Å². The second-order valence-corrected chi connectivity index (χ2v) is 10.0. The second-order valence-electron chi connectivity index (χ2n) is 9.03. The lowest BCUT2D eigenvalue weighted by Gasteiger charge is -2.49. The van der Waals surface area contributed by atoms with Crippen LogP contribution in [0.15, 0.2) is 24.3 Å². The van der Waals surface area contributed by atoms with Crippen molar-refractivity contribution < 1.29 is 24.2 Å². The molecule has 2 N–H and O–H groups in total. The van der Waals surface area contributed by atoms with Crippen molar-refractivity contribution in [3.8, 4) is 22.8 Å². The first-order valence-corrected chi connectivity index (χ1v) is 12.9. The highest BCUT2D eigenvalue weighted by atomic mass is 32.2. The maximum Gasteiger partial charge on any atom is 0.313 e. The fourth-order valence-electron chi connectivity index (χ4n) is 5.12. The highest BCUT2D eigenvalue weighted by molar-refractivity contribution is 8.00. The molecule has 0 saturated carbocycles. The average Bonchev–Trinajstić information content (AvgIpc) is 2.86. The minimum atomic E-state index is -0.904. The summed E-state index contributed by atoms with van der Waals surface area (Å²) in [5.74, 6) is 2.00. The van der Waals surface area contributed by atoms with Crippen molar-refractivity contribution in [2.75, 3.05) is 45.4 Å². The number of nitrogens with zero attached hydrogens (tertiary/aromatic N) is 3. The number of carbonyl (C=O) groups is 2. The van der Waals surface area contributed by atoms with Crippen molar-refractivity contribution in [3.05, 3.63) is 35.8 Å². The zero-order valence-corrected chi connectivity index (χ0v) is 21.1. The van der Waals surface area contributed by atoms with Gasteiger partial charge in [-0.15, -0.1) is 11.8 Å². The summed E-state index contributed by atoms with van der Waals surface area (Å²) in [5, 5.41) is 11.7. The van der Waals surface area contributed by atoms with Crippen LogP contribution in [0.3, 0.4) is 0 Å². The van der Waals surface area contributed by atoms with Crippen LogP contribution in [0.25, 0.3) is 11.3 Å². The minimum Gasteiger partial charge on any atom is -0.493 e. The van der Waals surface area contributed by atoms with Crippen LogP contribution < -0.4 is 14.8 Å². The lowest BCUT2D eigenvalue weighted by molar-refractivity contribution is -0.133. The number of fused-ring (bicyclic) bond motifs is 3. The Labute approximate surface area is 209 Å². The molecular weight excluding hydrogens is 468 g/mol. The first-order valence-electron chi connectivity index (χ1n) is 11.8. The number of hydrogen-bond donors (Lipinski definition) is 2. The fraction of sp³-hybridized carbons (Fsp3) is 0.520. The van der Waals surface area contributed by atoms with Gasteiger partial charge in [-0.05, 0) is 56.5 Å². The lowest BCUT2D eigenvalue weighted by atomic mass is 9.74. The number of nitrogens with one attached hydrogen (secondary N) is 1. The van der Waals surface area contributed by atoms with Gasteiger partial charge in [-0.2, -0.15) is 0 Å². The van der Waals surface area contributed by atoms with Gasteiger partial charge >= 0.3 is 5.97 Å². The summed E-state index contributed by atoms with van der Waals surface area (Å²) in [6.45, 7) is 4.44. The molecule has 2 aromatic rings. The number of hydrogen-bond acceptors (Lipinski definition) is 8. The number of carboxylic acid groups (broad SMARTS) is 1. The van der Waals surface area contributed by atoms with E-state index in [9.17, 15) is 9.59 Å². The van der Waals surface area contributed by atoms with E-state index < -0.39 is 5.97 Å². The number of piperidine rings is 3. The molecule has 3 fully saturated rings. The van der Waals surface area contributed by atoms with Gasteiger partial charge in [0.2, 0.25) is 5.91 Å². The molecule has 0 aliphatic carbocycles. The van der Waals surface area contributed by atoms with E-state index in [1.54, 1.807) is 14.2 Å². The molecule has 4 heterocycles. The predicted molar refractivity (Wildman–Crippen MR) is 134 cm³/mol. The zero-order chi connectivity index (χ0) is 24.9. The molecule has 0 spiro atoms. The first kappa shape index (κ1) is 25.2. The topological polar surface area (TPSA) is 114 Å². The SMILES string of the molecule is COc1ccc(-c2cc(C3CN4CCC3CC4CNC(=O)CSCC(=O)O)nc(C)n2)cc1OC. The third-order valence-electron chi connectivity index (χ3n) is 6.79. The van der Waals surface area contributed by atoms with Crippen LogP contribution in [0, 0.1) is 12.8 Å². The van der Waals surface area contributed by atoms with E-state index >= 15 is 0 Å². The largest absolute Gasteiger partial charge is 0.493 e. The van der Waals surface area contributed by atoms with Crippen molar-refractivity contribution in [1.29, 1.82) is 0 Å². The van der Waals surface area contributed by atoms with Crippen LogP contribution in [0.5, 0.6) is 11.5 Å². The highest BCUT2D eigenvalue weighted by Crippen LogP contribution is 2.42. The van der Waals surface area contributed by atoms with Crippen LogP contribution in [-0.4, -0.2) is 83.3 Å². The van der Waals surface area contributed by atoms with Gasteiger partial charge in [-0.3, -0.25) is 14.5 Å². The Hall–Kier alpha value is -2.85. The van der Waals surface area contributed by atoms with Gasteiger partial charge in [0.25, 0.3) is 0 Å². The van der Waals surface area contributed by atoms with Gasteiger partial charge in [-0.25, -0.2) is 9.97 Å². The standard InChI is InChI=1S/C25H32N4O5S/c1-15-27-20(17-4-5-22(33-2)23(9-17)34-3)10-21(28-15)19-12-29-7-6-16(19)8-18(29)11-26-24(30)13-35-14-25(31)32/h4-5,9-10,16,18-19H,6-8,11-14H2,1-3H3,(H,26,30)(H,31,32). The zero-order valence-electron chi connectivity index (χ0n) is 20.3. The normalized spacial score (nSPS) is 23.1. The van der Waals surface area contributed by atoms with Crippen LogP contribution in [-0.2, 0) is 9.59 Å². The van der Waals surface area contributed by atoms with Crippen LogP contribution in [0.1, 0.15) is 30.3 Å². The molecule has 35 heavy (non-hydrogen) atoms. The molecule has 9 nitrogen and oxygen atoms in total. The molecule has 4 unspecified atom stereocenters. The van der Waals surface area contributed by atoms with E-state index in [2.05, 4.69) is 21.3 Å². The molecule has 0 radical (unpaired) electrons. The number of amides is 1. The fourth-order valence-corrected chi connectivity index (χ4v) is 5.69. The molecule has 10 heteroatoms.